The highest BCUT2D eigenvalue weighted by Gasteiger charge is 2.12. The molecule has 0 aliphatic rings. The van der Waals surface area contributed by atoms with E-state index in [4.69, 9.17) is 11.6 Å². The standard InChI is InChI=1S/C15H13BrClFO/c16-13-4-2-11(3-5-13)12(9-19)7-10-1-6-15(18)14(17)8-10/h1-6,8,12,19H,7,9H2. The van der Waals surface area contributed by atoms with Crippen LogP contribution in [0.15, 0.2) is 46.9 Å². The molecule has 1 nitrogen and oxygen atoms in total. The van der Waals surface area contributed by atoms with Crippen LogP contribution in [-0.2, 0) is 6.42 Å². The molecule has 0 aliphatic carbocycles. The van der Waals surface area contributed by atoms with E-state index in [-0.39, 0.29) is 17.5 Å². The van der Waals surface area contributed by atoms with Crippen LogP contribution in [0.1, 0.15) is 17.0 Å². The fourth-order valence-electron chi connectivity index (χ4n) is 1.97. The fraction of sp³-hybridized carbons (Fsp3) is 0.200. The highest BCUT2D eigenvalue weighted by atomic mass is 79.9. The first-order chi connectivity index (χ1) is 9.10. The summed E-state index contributed by atoms with van der Waals surface area (Å²) in [5, 5.41) is 9.63. The van der Waals surface area contributed by atoms with Gasteiger partial charge in [0.25, 0.3) is 0 Å². The molecule has 0 heterocycles. The maximum atomic E-state index is 13.1. The second kappa shape index (κ2) is 6.51. The molecule has 4 heteroatoms. The van der Waals surface area contributed by atoms with E-state index in [9.17, 15) is 9.50 Å². The molecule has 0 radical (unpaired) electrons. The highest BCUT2D eigenvalue weighted by molar-refractivity contribution is 9.10. The van der Waals surface area contributed by atoms with Crippen molar-refractivity contribution in [3.63, 3.8) is 0 Å². The molecule has 2 rings (SSSR count). The lowest BCUT2D eigenvalue weighted by Crippen LogP contribution is -2.07. The van der Waals surface area contributed by atoms with Crippen LogP contribution in [0.2, 0.25) is 5.02 Å². The molecule has 0 spiro atoms. The predicted octanol–water partition coefficient (Wildman–Crippen LogP) is 4.56. The van der Waals surface area contributed by atoms with Crippen molar-refractivity contribution in [3.8, 4) is 0 Å². The van der Waals surface area contributed by atoms with Crippen molar-refractivity contribution in [3.05, 3.63) is 68.9 Å². The fourth-order valence-corrected chi connectivity index (χ4v) is 2.44. The molecule has 0 aromatic heterocycles. The van der Waals surface area contributed by atoms with E-state index in [0.717, 1.165) is 15.6 Å². The molecule has 100 valence electrons. The molecule has 2 aromatic rings. The Kier molecular flexibility index (Phi) is 4.97. The Balaban J connectivity index is 2.18. The smallest absolute Gasteiger partial charge is 0.141 e. The molecular formula is C15H13BrClFO. The monoisotopic (exact) mass is 342 g/mol. The first-order valence-corrected chi connectivity index (χ1v) is 7.07. The minimum Gasteiger partial charge on any atom is -0.396 e. The van der Waals surface area contributed by atoms with Gasteiger partial charge < -0.3 is 5.11 Å². The van der Waals surface area contributed by atoms with Crippen molar-refractivity contribution in [2.45, 2.75) is 12.3 Å². The van der Waals surface area contributed by atoms with Crippen molar-refractivity contribution >= 4 is 27.5 Å². The quantitative estimate of drug-likeness (QED) is 0.863. The lowest BCUT2D eigenvalue weighted by molar-refractivity contribution is 0.264. The topological polar surface area (TPSA) is 20.2 Å². The molecule has 0 aliphatic heterocycles. The van der Waals surface area contributed by atoms with Crippen LogP contribution in [0.25, 0.3) is 0 Å². The number of aliphatic hydroxyl groups is 1. The Hall–Kier alpha value is -0.900. The van der Waals surface area contributed by atoms with E-state index in [2.05, 4.69) is 15.9 Å². The zero-order chi connectivity index (χ0) is 13.8. The number of hydrogen-bond acceptors (Lipinski definition) is 1. The van der Waals surface area contributed by atoms with Crippen LogP contribution in [0.4, 0.5) is 4.39 Å². The molecule has 0 bridgehead atoms. The molecule has 1 N–H and O–H groups in total. The number of rotatable bonds is 4. The molecule has 0 saturated carbocycles. The SMILES string of the molecule is OCC(Cc1ccc(F)c(Cl)c1)c1ccc(Br)cc1. The summed E-state index contributed by atoms with van der Waals surface area (Å²) in [5.74, 6) is -0.441. The summed E-state index contributed by atoms with van der Waals surface area (Å²) in [4.78, 5) is 0. The maximum absolute atomic E-state index is 13.1. The summed E-state index contributed by atoms with van der Waals surface area (Å²) in [5.41, 5.74) is 1.96. The van der Waals surface area contributed by atoms with E-state index >= 15 is 0 Å². The average Bonchev–Trinajstić information content (AvgIpc) is 2.41. The number of benzene rings is 2. The van der Waals surface area contributed by atoms with E-state index in [0.29, 0.717) is 6.42 Å². The van der Waals surface area contributed by atoms with Crippen LogP contribution < -0.4 is 0 Å². The van der Waals surface area contributed by atoms with Crippen LogP contribution >= 0.6 is 27.5 Å². The summed E-state index contributed by atoms with van der Waals surface area (Å²) < 4.78 is 14.1. The second-order valence-electron chi connectivity index (χ2n) is 4.38. The van der Waals surface area contributed by atoms with Gasteiger partial charge in [-0.2, -0.15) is 0 Å². The van der Waals surface area contributed by atoms with Gasteiger partial charge in [-0.25, -0.2) is 4.39 Å². The predicted molar refractivity (Wildman–Crippen MR) is 79.1 cm³/mol. The van der Waals surface area contributed by atoms with Gasteiger partial charge in [0, 0.05) is 10.4 Å². The highest BCUT2D eigenvalue weighted by Crippen LogP contribution is 2.24. The van der Waals surface area contributed by atoms with Crippen molar-refractivity contribution in [1.29, 1.82) is 0 Å². The summed E-state index contributed by atoms with van der Waals surface area (Å²) in [6.07, 6.45) is 0.623. The van der Waals surface area contributed by atoms with Crippen molar-refractivity contribution in [2.75, 3.05) is 6.61 Å². The Morgan fingerprint density at radius 1 is 1.16 bits per heavy atom. The molecule has 2 aromatic carbocycles. The van der Waals surface area contributed by atoms with Gasteiger partial charge in [0.2, 0.25) is 0 Å². The zero-order valence-electron chi connectivity index (χ0n) is 10.1. The summed E-state index contributed by atoms with van der Waals surface area (Å²) in [6.45, 7) is 0.0383. The van der Waals surface area contributed by atoms with Gasteiger partial charge in [0.15, 0.2) is 0 Å². The van der Waals surface area contributed by atoms with E-state index in [1.54, 1.807) is 12.1 Å². The van der Waals surface area contributed by atoms with Gasteiger partial charge in [-0.05, 0) is 41.8 Å². The van der Waals surface area contributed by atoms with Gasteiger partial charge in [-0.1, -0.05) is 45.7 Å². The van der Waals surface area contributed by atoms with E-state index in [1.165, 1.54) is 6.07 Å². The van der Waals surface area contributed by atoms with Crippen LogP contribution in [0.3, 0.4) is 0 Å². The Labute approximate surface area is 125 Å². The molecular weight excluding hydrogens is 331 g/mol. The van der Waals surface area contributed by atoms with E-state index < -0.39 is 5.82 Å². The summed E-state index contributed by atoms with van der Waals surface area (Å²) >= 11 is 9.14. The zero-order valence-corrected chi connectivity index (χ0v) is 12.5. The normalized spacial score (nSPS) is 12.4. The third-order valence-corrected chi connectivity index (χ3v) is 3.85. The number of aliphatic hydroxyl groups excluding tert-OH is 1. The summed E-state index contributed by atoms with van der Waals surface area (Å²) in [6, 6.07) is 12.5. The minimum absolute atomic E-state index is 0.0189. The Morgan fingerprint density at radius 3 is 2.42 bits per heavy atom. The lowest BCUT2D eigenvalue weighted by atomic mass is 9.93. The molecule has 19 heavy (non-hydrogen) atoms. The third kappa shape index (κ3) is 3.78. The van der Waals surface area contributed by atoms with Gasteiger partial charge in [0.1, 0.15) is 5.82 Å². The van der Waals surface area contributed by atoms with Crippen LogP contribution in [0.5, 0.6) is 0 Å². The molecule has 1 unspecified atom stereocenters. The van der Waals surface area contributed by atoms with Crippen LogP contribution in [0, 0.1) is 5.82 Å². The van der Waals surface area contributed by atoms with Gasteiger partial charge in [-0.15, -0.1) is 0 Å². The maximum Gasteiger partial charge on any atom is 0.141 e. The average molecular weight is 344 g/mol. The third-order valence-electron chi connectivity index (χ3n) is 3.03. The number of halogens is 3. The second-order valence-corrected chi connectivity index (χ2v) is 5.71. The Bertz CT molecular complexity index is 557. The molecule has 0 amide bonds. The van der Waals surface area contributed by atoms with E-state index in [1.807, 2.05) is 24.3 Å². The van der Waals surface area contributed by atoms with Gasteiger partial charge >= 0.3 is 0 Å². The van der Waals surface area contributed by atoms with Crippen molar-refractivity contribution < 1.29 is 9.50 Å². The molecule has 1 atom stereocenters. The first-order valence-electron chi connectivity index (χ1n) is 5.90. The largest absolute Gasteiger partial charge is 0.396 e. The van der Waals surface area contributed by atoms with Crippen molar-refractivity contribution in [1.82, 2.24) is 0 Å². The summed E-state index contributed by atoms with van der Waals surface area (Å²) in [7, 11) is 0. The van der Waals surface area contributed by atoms with Gasteiger partial charge in [0.05, 0.1) is 11.6 Å². The lowest BCUT2D eigenvalue weighted by Gasteiger charge is -2.15. The van der Waals surface area contributed by atoms with Crippen LogP contribution in [-0.4, -0.2) is 11.7 Å². The first kappa shape index (κ1) is 14.5. The van der Waals surface area contributed by atoms with Crippen molar-refractivity contribution in [2.24, 2.45) is 0 Å². The molecule has 0 saturated heterocycles. The number of hydrogen-bond donors (Lipinski definition) is 1. The Morgan fingerprint density at radius 2 is 1.84 bits per heavy atom. The minimum atomic E-state index is -0.422. The van der Waals surface area contributed by atoms with Gasteiger partial charge in [-0.3, -0.25) is 0 Å². The molecule has 0 fully saturated rings.